The first kappa shape index (κ1) is 15.9. The molecular weight excluding hydrogens is 226 g/mol. The van der Waals surface area contributed by atoms with Gasteiger partial charge in [0.25, 0.3) is 0 Å². The van der Waals surface area contributed by atoms with Crippen molar-refractivity contribution >= 4 is 0 Å². The fraction of sp³-hybridized carbons (Fsp3) is 1.00. The van der Waals surface area contributed by atoms with Crippen LogP contribution in [0.5, 0.6) is 0 Å². The number of rotatable bonds is 6. The maximum atomic E-state index is 5.98. The molecule has 1 aliphatic heterocycles. The molecule has 0 aromatic rings. The fourth-order valence-corrected chi connectivity index (χ4v) is 2.75. The lowest BCUT2D eigenvalue weighted by Crippen LogP contribution is -2.53. The molecule has 108 valence electrons. The van der Waals surface area contributed by atoms with Crippen molar-refractivity contribution in [2.75, 3.05) is 40.8 Å². The molecule has 4 heteroatoms. The Morgan fingerprint density at radius 1 is 1.44 bits per heavy atom. The number of methoxy groups -OCH3 is 1. The van der Waals surface area contributed by atoms with Crippen molar-refractivity contribution in [3.05, 3.63) is 0 Å². The Balaban J connectivity index is 2.59. The second kappa shape index (κ2) is 6.85. The van der Waals surface area contributed by atoms with Gasteiger partial charge in [0.1, 0.15) is 0 Å². The smallest absolute Gasteiger partial charge is 0.0638 e. The summed E-state index contributed by atoms with van der Waals surface area (Å²) in [5.41, 5.74) is 5.89. The maximum absolute atomic E-state index is 5.98. The second-order valence-corrected chi connectivity index (χ2v) is 6.31. The van der Waals surface area contributed by atoms with E-state index in [1.165, 1.54) is 19.4 Å². The van der Waals surface area contributed by atoms with Gasteiger partial charge in [-0.25, -0.2) is 0 Å². The molecule has 18 heavy (non-hydrogen) atoms. The van der Waals surface area contributed by atoms with Crippen LogP contribution in [0.4, 0.5) is 0 Å². The Kier molecular flexibility index (Phi) is 6.05. The number of likely N-dealkylation sites (tertiary alicyclic amines) is 1. The van der Waals surface area contributed by atoms with Gasteiger partial charge in [-0.15, -0.1) is 0 Å². The summed E-state index contributed by atoms with van der Waals surface area (Å²) in [5.74, 6) is 0. The molecule has 0 radical (unpaired) electrons. The third kappa shape index (κ3) is 4.50. The van der Waals surface area contributed by atoms with Crippen LogP contribution < -0.4 is 5.73 Å². The van der Waals surface area contributed by atoms with Crippen molar-refractivity contribution in [1.29, 1.82) is 0 Å². The largest absolute Gasteiger partial charge is 0.379 e. The maximum Gasteiger partial charge on any atom is 0.0638 e. The van der Waals surface area contributed by atoms with E-state index in [-0.39, 0.29) is 5.60 Å². The normalized spacial score (nSPS) is 24.5. The van der Waals surface area contributed by atoms with Gasteiger partial charge in [-0.05, 0) is 53.8 Å². The number of hydrogen-bond donors (Lipinski definition) is 1. The van der Waals surface area contributed by atoms with Gasteiger partial charge in [0, 0.05) is 32.3 Å². The van der Waals surface area contributed by atoms with E-state index in [2.05, 4.69) is 37.7 Å². The topological polar surface area (TPSA) is 41.7 Å². The van der Waals surface area contributed by atoms with Crippen LogP contribution in [0, 0.1) is 0 Å². The molecule has 1 aliphatic rings. The van der Waals surface area contributed by atoms with E-state index < -0.39 is 0 Å². The Labute approximate surface area is 112 Å². The lowest BCUT2D eigenvalue weighted by Gasteiger charge is -2.42. The number of nitrogens with two attached hydrogens (primary N) is 1. The Morgan fingerprint density at radius 2 is 2.11 bits per heavy atom. The highest BCUT2D eigenvalue weighted by Crippen LogP contribution is 2.22. The van der Waals surface area contributed by atoms with Crippen LogP contribution >= 0.6 is 0 Å². The van der Waals surface area contributed by atoms with Crippen LogP contribution in [0.2, 0.25) is 0 Å². The molecule has 2 atom stereocenters. The molecule has 1 rings (SSSR count). The van der Waals surface area contributed by atoms with Crippen LogP contribution in [-0.2, 0) is 4.74 Å². The first-order valence-corrected chi connectivity index (χ1v) is 7.05. The molecule has 1 heterocycles. The van der Waals surface area contributed by atoms with E-state index in [9.17, 15) is 0 Å². The summed E-state index contributed by atoms with van der Waals surface area (Å²) in [6, 6.07) is 1.10. The number of nitrogens with zero attached hydrogens (tertiary/aromatic N) is 2. The van der Waals surface area contributed by atoms with Gasteiger partial charge in [-0.3, -0.25) is 4.90 Å². The molecule has 0 amide bonds. The molecule has 1 saturated heterocycles. The highest BCUT2D eigenvalue weighted by atomic mass is 16.5. The molecule has 0 spiro atoms. The van der Waals surface area contributed by atoms with E-state index in [4.69, 9.17) is 10.5 Å². The van der Waals surface area contributed by atoms with Gasteiger partial charge in [0.05, 0.1) is 5.60 Å². The SMILES string of the molecule is COC(C)(C)CC(CN)N1CCCC(N(C)C)C1. The third-order valence-corrected chi connectivity index (χ3v) is 4.23. The summed E-state index contributed by atoms with van der Waals surface area (Å²) in [6.07, 6.45) is 3.57. The van der Waals surface area contributed by atoms with Gasteiger partial charge in [0.2, 0.25) is 0 Å². The summed E-state index contributed by atoms with van der Waals surface area (Å²) in [5, 5.41) is 0. The molecule has 0 aromatic heterocycles. The molecule has 0 bridgehead atoms. The first-order valence-electron chi connectivity index (χ1n) is 7.05. The fourth-order valence-electron chi connectivity index (χ4n) is 2.75. The molecule has 4 nitrogen and oxygen atoms in total. The van der Waals surface area contributed by atoms with Crippen LogP contribution in [0.3, 0.4) is 0 Å². The van der Waals surface area contributed by atoms with Crippen molar-refractivity contribution in [1.82, 2.24) is 9.80 Å². The predicted octanol–water partition coefficient (Wildman–Crippen LogP) is 1.15. The zero-order valence-electron chi connectivity index (χ0n) is 12.8. The number of likely N-dealkylation sites (N-methyl/N-ethyl adjacent to an activating group) is 1. The molecule has 0 saturated carbocycles. The minimum absolute atomic E-state index is 0.0882. The second-order valence-electron chi connectivity index (χ2n) is 6.31. The summed E-state index contributed by atoms with van der Waals surface area (Å²) >= 11 is 0. The molecule has 0 aliphatic carbocycles. The highest BCUT2D eigenvalue weighted by molar-refractivity contribution is 4.86. The Morgan fingerprint density at radius 3 is 2.61 bits per heavy atom. The van der Waals surface area contributed by atoms with E-state index in [1.807, 2.05) is 0 Å². The van der Waals surface area contributed by atoms with Crippen LogP contribution in [0.25, 0.3) is 0 Å². The summed E-state index contributed by atoms with van der Waals surface area (Å²) in [4.78, 5) is 4.89. The van der Waals surface area contributed by atoms with Crippen molar-refractivity contribution in [2.24, 2.45) is 5.73 Å². The van der Waals surface area contributed by atoms with Gasteiger partial charge in [-0.1, -0.05) is 0 Å². The van der Waals surface area contributed by atoms with E-state index in [0.29, 0.717) is 18.6 Å². The van der Waals surface area contributed by atoms with Crippen LogP contribution in [0.1, 0.15) is 33.1 Å². The lowest BCUT2D eigenvalue weighted by atomic mass is 9.95. The van der Waals surface area contributed by atoms with E-state index >= 15 is 0 Å². The van der Waals surface area contributed by atoms with Crippen molar-refractivity contribution in [3.8, 4) is 0 Å². The molecule has 2 N–H and O–H groups in total. The lowest BCUT2D eigenvalue weighted by molar-refractivity contribution is -0.0150. The molecular formula is C14H31N3O. The number of piperidine rings is 1. The zero-order valence-corrected chi connectivity index (χ0v) is 12.8. The Bertz CT molecular complexity index is 243. The highest BCUT2D eigenvalue weighted by Gasteiger charge is 2.30. The van der Waals surface area contributed by atoms with Crippen molar-refractivity contribution < 1.29 is 4.74 Å². The zero-order chi connectivity index (χ0) is 13.8. The van der Waals surface area contributed by atoms with Gasteiger partial charge in [-0.2, -0.15) is 0 Å². The van der Waals surface area contributed by atoms with Crippen LogP contribution in [-0.4, -0.2) is 68.3 Å². The monoisotopic (exact) mass is 257 g/mol. The van der Waals surface area contributed by atoms with Gasteiger partial charge in [0.15, 0.2) is 0 Å². The van der Waals surface area contributed by atoms with Crippen molar-refractivity contribution in [3.63, 3.8) is 0 Å². The quantitative estimate of drug-likeness (QED) is 0.775. The minimum atomic E-state index is -0.0882. The summed E-state index contributed by atoms with van der Waals surface area (Å²) < 4.78 is 5.54. The minimum Gasteiger partial charge on any atom is -0.379 e. The third-order valence-electron chi connectivity index (χ3n) is 4.23. The first-order chi connectivity index (χ1) is 8.39. The number of ether oxygens (including phenoxy) is 1. The van der Waals surface area contributed by atoms with E-state index in [0.717, 1.165) is 13.0 Å². The molecule has 0 aromatic carbocycles. The van der Waals surface area contributed by atoms with Crippen molar-refractivity contribution in [2.45, 2.75) is 50.8 Å². The van der Waals surface area contributed by atoms with Gasteiger partial charge >= 0.3 is 0 Å². The van der Waals surface area contributed by atoms with Gasteiger partial charge < -0.3 is 15.4 Å². The summed E-state index contributed by atoms with van der Waals surface area (Å²) in [6.45, 7) is 7.31. The standard InChI is InChI=1S/C14H31N3O/c1-14(2,18-5)9-13(10-15)17-8-6-7-12(11-17)16(3)4/h12-13H,6-11,15H2,1-5H3. The predicted molar refractivity (Wildman–Crippen MR) is 76.8 cm³/mol. The average molecular weight is 257 g/mol. The number of hydrogen-bond acceptors (Lipinski definition) is 4. The molecule has 1 fully saturated rings. The van der Waals surface area contributed by atoms with Crippen LogP contribution in [0.15, 0.2) is 0 Å². The molecule has 2 unspecified atom stereocenters. The Hall–Kier alpha value is -0.160. The summed E-state index contributed by atoms with van der Waals surface area (Å²) in [7, 11) is 6.13. The average Bonchev–Trinajstić information content (AvgIpc) is 2.36. The van der Waals surface area contributed by atoms with E-state index in [1.54, 1.807) is 7.11 Å².